The number of likely N-dealkylation sites (N-methyl/N-ethyl adjacent to an activating group) is 1. The molecule has 20 heavy (non-hydrogen) atoms. The molecule has 1 aliphatic carbocycles. The SMILES string of the molecule is CC(C(=O)NCC1CCCCN1C)C1CCCC(N)C1. The van der Waals surface area contributed by atoms with Gasteiger partial charge in [0.05, 0.1) is 0 Å². The highest BCUT2D eigenvalue weighted by atomic mass is 16.1. The molecule has 1 saturated carbocycles. The summed E-state index contributed by atoms with van der Waals surface area (Å²) in [5, 5.41) is 3.17. The summed E-state index contributed by atoms with van der Waals surface area (Å²) in [6, 6.07) is 0.821. The molecule has 1 aliphatic heterocycles. The number of nitrogens with two attached hydrogens (primary N) is 1. The van der Waals surface area contributed by atoms with Gasteiger partial charge in [0.1, 0.15) is 0 Å². The number of likely N-dealkylation sites (tertiary alicyclic amines) is 1. The van der Waals surface area contributed by atoms with Crippen molar-refractivity contribution in [3.05, 3.63) is 0 Å². The summed E-state index contributed by atoms with van der Waals surface area (Å²) in [5.41, 5.74) is 6.03. The van der Waals surface area contributed by atoms with Gasteiger partial charge < -0.3 is 16.0 Å². The van der Waals surface area contributed by atoms with Crippen LogP contribution >= 0.6 is 0 Å². The minimum Gasteiger partial charge on any atom is -0.354 e. The van der Waals surface area contributed by atoms with Gasteiger partial charge >= 0.3 is 0 Å². The molecule has 4 unspecified atom stereocenters. The topological polar surface area (TPSA) is 58.4 Å². The van der Waals surface area contributed by atoms with E-state index in [9.17, 15) is 4.79 Å². The highest BCUT2D eigenvalue weighted by Crippen LogP contribution is 2.29. The molecule has 0 spiro atoms. The normalized spacial score (nSPS) is 33.6. The molecule has 4 nitrogen and oxygen atoms in total. The number of piperidine rings is 1. The molecule has 1 amide bonds. The van der Waals surface area contributed by atoms with Crippen molar-refractivity contribution in [3.63, 3.8) is 0 Å². The quantitative estimate of drug-likeness (QED) is 0.825. The van der Waals surface area contributed by atoms with Gasteiger partial charge in [-0.05, 0) is 51.6 Å². The van der Waals surface area contributed by atoms with E-state index in [0.717, 1.165) is 32.4 Å². The van der Waals surface area contributed by atoms with Crippen LogP contribution < -0.4 is 11.1 Å². The Labute approximate surface area is 123 Å². The highest BCUT2D eigenvalue weighted by molar-refractivity contribution is 5.78. The molecule has 0 aromatic rings. The maximum Gasteiger partial charge on any atom is 0.223 e. The van der Waals surface area contributed by atoms with Crippen molar-refractivity contribution in [1.82, 2.24) is 10.2 Å². The Morgan fingerprint density at radius 3 is 2.80 bits per heavy atom. The summed E-state index contributed by atoms with van der Waals surface area (Å²) >= 11 is 0. The Morgan fingerprint density at radius 1 is 1.30 bits per heavy atom. The van der Waals surface area contributed by atoms with Crippen LogP contribution in [0.3, 0.4) is 0 Å². The number of nitrogens with zero attached hydrogens (tertiary/aromatic N) is 1. The van der Waals surface area contributed by atoms with Gasteiger partial charge in [-0.3, -0.25) is 4.79 Å². The van der Waals surface area contributed by atoms with Crippen molar-refractivity contribution in [2.24, 2.45) is 17.6 Å². The average molecular weight is 281 g/mol. The largest absolute Gasteiger partial charge is 0.354 e. The van der Waals surface area contributed by atoms with Crippen molar-refractivity contribution in [3.8, 4) is 0 Å². The average Bonchev–Trinajstić information content (AvgIpc) is 2.45. The van der Waals surface area contributed by atoms with Gasteiger partial charge in [-0.15, -0.1) is 0 Å². The molecule has 1 heterocycles. The summed E-state index contributed by atoms with van der Waals surface area (Å²) in [7, 11) is 2.17. The highest BCUT2D eigenvalue weighted by Gasteiger charge is 2.29. The predicted octanol–water partition coefficient (Wildman–Crippen LogP) is 1.74. The molecule has 0 radical (unpaired) electrons. The number of hydrogen-bond acceptors (Lipinski definition) is 3. The van der Waals surface area contributed by atoms with Crippen LogP contribution in [-0.2, 0) is 4.79 Å². The van der Waals surface area contributed by atoms with E-state index in [1.165, 1.54) is 25.7 Å². The van der Waals surface area contributed by atoms with Gasteiger partial charge in [-0.25, -0.2) is 0 Å². The Morgan fingerprint density at radius 2 is 2.10 bits per heavy atom. The lowest BCUT2D eigenvalue weighted by molar-refractivity contribution is -0.126. The first kappa shape index (κ1) is 15.8. The van der Waals surface area contributed by atoms with E-state index in [1.807, 2.05) is 0 Å². The molecule has 2 rings (SSSR count). The van der Waals surface area contributed by atoms with Crippen LogP contribution in [0.15, 0.2) is 0 Å². The van der Waals surface area contributed by atoms with E-state index < -0.39 is 0 Å². The fourth-order valence-corrected chi connectivity index (χ4v) is 3.72. The molecular formula is C16H31N3O. The predicted molar refractivity (Wildman–Crippen MR) is 82.4 cm³/mol. The first-order chi connectivity index (χ1) is 9.58. The van der Waals surface area contributed by atoms with Crippen molar-refractivity contribution in [1.29, 1.82) is 0 Å². The molecule has 2 fully saturated rings. The third-order valence-electron chi connectivity index (χ3n) is 5.31. The first-order valence-electron chi connectivity index (χ1n) is 8.31. The lowest BCUT2D eigenvalue weighted by Gasteiger charge is -2.34. The zero-order chi connectivity index (χ0) is 14.5. The molecule has 1 saturated heterocycles. The number of hydrogen-bond donors (Lipinski definition) is 2. The monoisotopic (exact) mass is 281 g/mol. The van der Waals surface area contributed by atoms with E-state index in [2.05, 4.69) is 24.2 Å². The molecule has 0 bridgehead atoms. The standard InChI is InChI=1S/C16H31N3O/c1-12(13-6-5-7-14(17)10-13)16(20)18-11-15-8-3-4-9-19(15)2/h12-15H,3-11,17H2,1-2H3,(H,18,20). The van der Waals surface area contributed by atoms with Gasteiger partial charge in [0.2, 0.25) is 5.91 Å². The summed E-state index contributed by atoms with van der Waals surface area (Å²) in [6.45, 7) is 4.04. The minimum atomic E-state index is 0.107. The van der Waals surface area contributed by atoms with Crippen LogP contribution in [0.25, 0.3) is 0 Å². The number of nitrogens with one attached hydrogen (secondary N) is 1. The van der Waals surface area contributed by atoms with Gasteiger partial charge in [0.15, 0.2) is 0 Å². The molecule has 0 aromatic carbocycles. The zero-order valence-corrected chi connectivity index (χ0v) is 13.1. The van der Waals surface area contributed by atoms with Crippen LogP contribution in [0.2, 0.25) is 0 Å². The Balaban J connectivity index is 1.75. The maximum atomic E-state index is 12.3. The van der Waals surface area contributed by atoms with E-state index in [-0.39, 0.29) is 11.8 Å². The fourth-order valence-electron chi connectivity index (χ4n) is 3.72. The zero-order valence-electron chi connectivity index (χ0n) is 13.1. The second-order valence-corrected chi connectivity index (χ2v) is 6.85. The van der Waals surface area contributed by atoms with Crippen LogP contribution in [0.1, 0.15) is 51.9 Å². The van der Waals surface area contributed by atoms with Gasteiger partial charge in [-0.2, -0.15) is 0 Å². The van der Waals surface area contributed by atoms with Crippen LogP contribution in [-0.4, -0.2) is 43.0 Å². The molecule has 2 aliphatic rings. The van der Waals surface area contributed by atoms with Crippen molar-refractivity contribution in [2.75, 3.05) is 20.1 Å². The van der Waals surface area contributed by atoms with E-state index in [1.54, 1.807) is 0 Å². The summed E-state index contributed by atoms with van der Waals surface area (Å²) in [6.07, 6.45) is 8.25. The lowest BCUT2D eigenvalue weighted by atomic mass is 9.78. The molecule has 0 aromatic heterocycles. The van der Waals surface area contributed by atoms with E-state index in [0.29, 0.717) is 18.0 Å². The third kappa shape index (κ3) is 4.19. The second-order valence-electron chi connectivity index (χ2n) is 6.85. The molecular weight excluding hydrogens is 250 g/mol. The Hall–Kier alpha value is -0.610. The second kappa shape index (κ2) is 7.41. The van der Waals surface area contributed by atoms with Crippen molar-refractivity contribution < 1.29 is 4.79 Å². The number of carbonyl (C=O) groups is 1. The summed E-state index contributed by atoms with van der Waals surface area (Å²) < 4.78 is 0. The smallest absolute Gasteiger partial charge is 0.223 e. The Kier molecular flexibility index (Phi) is 5.85. The maximum absolute atomic E-state index is 12.3. The third-order valence-corrected chi connectivity index (χ3v) is 5.31. The van der Waals surface area contributed by atoms with Crippen LogP contribution in [0.4, 0.5) is 0 Å². The number of amides is 1. The van der Waals surface area contributed by atoms with E-state index >= 15 is 0 Å². The number of carbonyl (C=O) groups excluding carboxylic acids is 1. The van der Waals surface area contributed by atoms with Crippen LogP contribution in [0.5, 0.6) is 0 Å². The Bertz CT molecular complexity index is 321. The number of rotatable bonds is 4. The molecule has 116 valence electrons. The van der Waals surface area contributed by atoms with Crippen molar-refractivity contribution in [2.45, 2.75) is 64.0 Å². The summed E-state index contributed by atoms with van der Waals surface area (Å²) in [5.74, 6) is 0.807. The fraction of sp³-hybridized carbons (Fsp3) is 0.938. The minimum absolute atomic E-state index is 0.107. The van der Waals surface area contributed by atoms with Gasteiger partial charge in [0.25, 0.3) is 0 Å². The van der Waals surface area contributed by atoms with Crippen LogP contribution in [0, 0.1) is 11.8 Å². The molecule has 3 N–H and O–H groups in total. The molecule has 4 atom stereocenters. The van der Waals surface area contributed by atoms with E-state index in [4.69, 9.17) is 5.73 Å². The summed E-state index contributed by atoms with van der Waals surface area (Å²) in [4.78, 5) is 14.7. The van der Waals surface area contributed by atoms with Gasteiger partial charge in [-0.1, -0.05) is 19.8 Å². The van der Waals surface area contributed by atoms with Gasteiger partial charge in [0, 0.05) is 24.5 Å². The van der Waals surface area contributed by atoms with Crippen molar-refractivity contribution >= 4 is 5.91 Å². The lowest BCUT2D eigenvalue weighted by Crippen LogP contribution is -2.46. The first-order valence-corrected chi connectivity index (χ1v) is 8.31. The molecule has 4 heteroatoms.